The molecule has 0 aliphatic carbocycles. The second-order valence-electron chi connectivity index (χ2n) is 5.67. The molecule has 2 nitrogen and oxygen atoms in total. The highest BCUT2D eigenvalue weighted by Gasteiger charge is 2.07. The third-order valence-corrected chi connectivity index (χ3v) is 3.76. The van der Waals surface area contributed by atoms with Crippen LogP contribution in [0.5, 0.6) is 0 Å². The number of hydrogen-bond donors (Lipinski definition) is 2. The van der Waals surface area contributed by atoms with E-state index in [9.17, 15) is 0 Å². The summed E-state index contributed by atoms with van der Waals surface area (Å²) in [4.78, 5) is 0. The Balaban J connectivity index is 2.17. The first kappa shape index (κ1) is 15.5. The number of thiocarbonyl (C=S) groups is 1. The molecule has 0 atom stereocenters. The molecular formula is C18H22N2S. The van der Waals surface area contributed by atoms with Crippen molar-refractivity contribution in [1.82, 2.24) is 0 Å². The van der Waals surface area contributed by atoms with Crippen molar-refractivity contribution in [3.8, 4) is 0 Å². The van der Waals surface area contributed by atoms with Crippen molar-refractivity contribution in [2.75, 3.05) is 10.6 Å². The maximum absolute atomic E-state index is 5.45. The van der Waals surface area contributed by atoms with E-state index in [-0.39, 0.29) is 0 Å². The molecule has 0 saturated carbocycles. The van der Waals surface area contributed by atoms with Gasteiger partial charge < -0.3 is 10.6 Å². The number of rotatable bonds is 2. The molecule has 0 bridgehead atoms. The van der Waals surface area contributed by atoms with Crippen molar-refractivity contribution in [2.45, 2.75) is 34.6 Å². The van der Waals surface area contributed by atoms with Crippen LogP contribution in [-0.2, 0) is 0 Å². The minimum Gasteiger partial charge on any atom is -0.332 e. The van der Waals surface area contributed by atoms with Crippen molar-refractivity contribution in [2.24, 2.45) is 0 Å². The fourth-order valence-corrected chi connectivity index (χ4v) is 2.73. The number of nitrogens with one attached hydrogen (secondary N) is 2. The van der Waals surface area contributed by atoms with Crippen LogP contribution in [0.2, 0.25) is 0 Å². The SMILES string of the molecule is Cc1cc(C)c(NC(=S)Nc2cc(C)ccc2C)c(C)c1. The maximum atomic E-state index is 5.45. The highest BCUT2D eigenvalue weighted by atomic mass is 32.1. The number of aryl methyl sites for hydroxylation is 5. The molecule has 0 aromatic heterocycles. The predicted octanol–water partition coefficient (Wildman–Crippen LogP) is 5.04. The molecule has 2 aromatic carbocycles. The minimum absolute atomic E-state index is 0.624. The Morgan fingerprint density at radius 1 is 0.762 bits per heavy atom. The van der Waals surface area contributed by atoms with Gasteiger partial charge >= 0.3 is 0 Å². The average molecular weight is 298 g/mol. The largest absolute Gasteiger partial charge is 0.332 e. The van der Waals surface area contributed by atoms with Crippen LogP contribution in [0.4, 0.5) is 11.4 Å². The molecule has 2 rings (SSSR count). The summed E-state index contributed by atoms with van der Waals surface area (Å²) in [7, 11) is 0. The van der Waals surface area contributed by atoms with Gasteiger partial charge in [0.15, 0.2) is 5.11 Å². The normalized spacial score (nSPS) is 10.3. The van der Waals surface area contributed by atoms with Crippen LogP contribution in [0.25, 0.3) is 0 Å². The van der Waals surface area contributed by atoms with Crippen LogP contribution < -0.4 is 10.6 Å². The maximum Gasteiger partial charge on any atom is 0.175 e. The predicted molar refractivity (Wildman–Crippen MR) is 96.4 cm³/mol. The van der Waals surface area contributed by atoms with Gasteiger partial charge in [-0.25, -0.2) is 0 Å². The third-order valence-electron chi connectivity index (χ3n) is 3.56. The smallest absolute Gasteiger partial charge is 0.175 e. The van der Waals surface area contributed by atoms with Gasteiger partial charge in [0.2, 0.25) is 0 Å². The van der Waals surface area contributed by atoms with Gasteiger partial charge in [0.1, 0.15) is 0 Å². The van der Waals surface area contributed by atoms with Crippen LogP contribution in [0.3, 0.4) is 0 Å². The van der Waals surface area contributed by atoms with Gasteiger partial charge in [-0.1, -0.05) is 29.8 Å². The summed E-state index contributed by atoms with van der Waals surface area (Å²) in [6.45, 7) is 10.5. The van der Waals surface area contributed by atoms with Crippen molar-refractivity contribution in [3.63, 3.8) is 0 Å². The summed E-state index contributed by atoms with van der Waals surface area (Å²) in [6.07, 6.45) is 0. The molecule has 0 amide bonds. The summed E-state index contributed by atoms with van der Waals surface area (Å²) >= 11 is 5.45. The summed E-state index contributed by atoms with van der Waals surface area (Å²) in [6, 6.07) is 10.6. The van der Waals surface area contributed by atoms with E-state index in [0.717, 1.165) is 11.4 Å². The van der Waals surface area contributed by atoms with E-state index in [0.29, 0.717) is 5.11 Å². The lowest BCUT2D eigenvalue weighted by molar-refractivity contribution is 1.32. The summed E-state index contributed by atoms with van der Waals surface area (Å²) in [5, 5.41) is 7.23. The monoisotopic (exact) mass is 298 g/mol. The van der Waals surface area contributed by atoms with Crippen LogP contribution in [-0.4, -0.2) is 5.11 Å². The van der Waals surface area contributed by atoms with E-state index in [4.69, 9.17) is 12.2 Å². The highest BCUT2D eigenvalue weighted by Crippen LogP contribution is 2.23. The second-order valence-corrected chi connectivity index (χ2v) is 6.08. The third kappa shape index (κ3) is 3.82. The average Bonchev–Trinajstić information content (AvgIpc) is 2.38. The molecule has 0 heterocycles. The standard InChI is InChI=1S/C18H22N2S/c1-11-6-7-13(3)16(10-11)19-18(21)20-17-14(4)8-12(2)9-15(17)5/h6-10H,1-5H3,(H2,19,20,21). The van der Waals surface area contributed by atoms with E-state index < -0.39 is 0 Å². The molecule has 0 unspecified atom stereocenters. The first-order valence-corrected chi connectivity index (χ1v) is 7.51. The van der Waals surface area contributed by atoms with E-state index >= 15 is 0 Å². The molecular weight excluding hydrogens is 276 g/mol. The molecule has 2 N–H and O–H groups in total. The summed E-state index contributed by atoms with van der Waals surface area (Å²) in [5.74, 6) is 0. The molecule has 2 aromatic rings. The van der Waals surface area contributed by atoms with Crippen LogP contribution in [0.15, 0.2) is 30.3 Å². The molecule has 0 aliphatic rings. The van der Waals surface area contributed by atoms with Gasteiger partial charge in [-0.2, -0.15) is 0 Å². The van der Waals surface area contributed by atoms with E-state index in [1.807, 2.05) is 0 Å². The minimum atomic E-state index is 0.624. The Kier molecular flexibility index (Phi) is 4.63. The van der Waals surface area contributed by atoms with Gasteiger partial charge in [0, 0.05) is 11.4 Å². The lowest BCUT2D eigenvalue weighted by Gasteiger charge is -2.17. The van der Waals surface area contributed by atoms with E-state index in [1.165, 1.54) is 27.8 Å². The summed E-state index contributed by atoms with van der Waals surface area (Å²) < 4.78 is 0. The van der Waals surface area contributed by atoms with Gasteiger partial charge in [0.05, 0.1) is 0 Å². The molecule has 0 radical (unpaired) electrons. The Morgan fingerprint density at radius 3 is 2.00 bits per heavy atom. The Bertz CT molecular complexity index is 667. The lowest BCUT2D eigenvalue weighted by atomic mass is 10.1. The first-order valence-electron chi connectivity index (χ1n) is 7.10. The van der Waals surface area contributed by atoms with Crippen molar-refractivity contribution >= 4 is 28.7 Å². The number of anilines is 2. The molecule has 21 heavy (non-hydrogen) atoms. The lowest BCUT2D eigenvalue weighted by Crippen LogP contribution is -2.21. The molecule has 0 aliphatic heterocycles. The zero-order valence-corrected chi connectivity index (χ0v) is 14.1. The molecule has 3 heteroatoms. The van der Waals surface area contributed by atoms with E-state index in [2.05, 4.69) is 75.6 Å². The van der Waals surface area contributed by atoms with Crippen molar-refractivity contribution in [3.05, 3.63) is 58.1 Å². The fourth-order valence-electron chi connectivity index (χ4n) is 2.51. The molecule has 0 saturated heterocycles. The molecule has 0 spiro atoms. The zero-order chi connectivity index (χ0) is 15.6. The van der Waals surface area contributed by atoms with Gasteiger partial charge in [0.25, 0.3) is 0 Å². The topological polar surface area (TPSA) is 24.1 Å². The summed E-state index contributed by atoms with van der Waals surface area (Å²) in [5.41, 5.74) is 8.22. The highest BCUT2D eigenvalue weighted by molar-refractivity contribution is 7.80. The van der Waals surface area contributed by atoms with E-state index in [1.54, 1.807) is 0 Å². The van der Waals surface area contributed by atoms with Crippen molar-refractivity contribution in [1.29, 1.82) is 0 Å². The van der Waals surface area contributed by atoms with Gasteiger partial charge in [-0.05, 0) is 75.2 Å². The quantitative estimate of drug-likeness (QED) is 0.760. The van der Waals surface area contributed by atoms with Crippen molar-refractivity contribution < 1.29 is 0 Å². The fraction of sp³-hybridized carbons (Fsp3) is 0.278. The molecule has 110 valence electrons. The zero-order valence-electron chi connectivity index (χ0n) is 13.3. The van der Waals surface area contributed by atoms with Crippen LogP contribution in [0.1, 0.15) is 27.8 Å². The van der Waals surface area contributed by atoms with Gasteiger partial charge in [-0.3, -0.25) is 0 Å². The molecule has 0 fully saturated rings. The number of benzene rings is 2. The Hall–Kier alpha value is -1.87. The second kappa shape index (κ2) is 6.27. The first-order chi connectivity index (χ1) is 9.86. The van der Waals surface area contributed by atoms with Gasteiger partial charge in [-0.15, -0.1) is 0 Å². The Morgan fingerprint density at radius 2 is 1.38 bits per heavy atom. The number of hydrogen-bond acceptors (Lipinski definition) is 1. The Labute approximate surface area is 132 Å². The van der Waals surface area contributed by atoms with Crippen LogP contribution in [0, 0.1) is 34.6 Å². The van der Waals surface area contributed by atoms with Crippen LogP contribution >= 0.6 is 12.2 Å².